The van der Waals surface area contributed by atoms with Gasteiger partial charge in [0.25, 0.3) is 0 Å². The summed E-state index contributed by atoms with van der Waals surface area (Å²) in [4.78, 5) is 24.5. The topological polar surface area (TPSA) is 54.4 Å². The van der Waals surface area contributed by atoms with E-state index in [1.54, 1.807) is 0 Å². The smallest absolute Gasteiger partial charge is 0.174 e. The summed E-state index contributed by atoms with van der Waals surface area (Å²) < 4.78 is 0. The number of ketones is 2. The lowest BCUT2D eigenvalue weighted by Gasteiger charge is -2.43. The Bertz CT molecular complexity index is 580. The second kappa shape index (κ2) is 4.89. The number of aliphatic hydroxyl groups is 1. The first-order valence-electron chi connectivity index (χ1n) is 7.12. The lowest BCUT2D eigenvalue weighted by Crippen LogP contribution is -2.38. The van der Waals surface area contributed by atoms with E-state index in [9.17, 15) is 14.7 Å². The Morgan fingerprint density at radius 1 is 1.15 bits per heavy atom. The molecule has 3 nitrogen and oxygen atoms in total. The number of hydrogen-bond acceptors (Lipinski definition) is 3. The molecule has 0 bridgehead atoms. The van der Waals surface area contributed by atoms with Crippen LogP contribution in [0.15, 0.2) is 41.7 Å². The molecular weight excluding hydrogens is 252 g/mol. The Labute approximate surface area is 118 Å². The van der Waals surface area contributed by atoms with E-state index in [0.717, 1.165) is 24.8 Å². The van der Waals surface area contributed by atoms with Crippen LogP contribution in [0.2, 0.25) is 0 Å². The number of aliphatic hydroxyl groups excluding tert-OH is 1. The Kier molecular flexibility index (Phi) is 3.20. The molecule has 0 heterocycles. The maximum absolute atomic E-state index is 12.3. The van der Waals surface area contributed by atoms with E-state index in [-0.39, 0.29) is 34.7 Å². The number of carbonyl (C=O) groups is 2. The summed E-state index contributed by atoms with van der Waals surface area (Å²) in [5.41, 5.74) is 0.874. The molecule has 3 heteroatoms. The average Bonchev–Trinajstić information content (AvgIpc) is 2.37. The molecule has 20 heavy (non-hydrogen) atoms. The molecule has 3 rings (SSSR count). The van der Waals surface area contributed by atoms with Crippen molar-refractivity contribution in [1.29, 1.82) is 0 Å². The fourth-order valence-corrected chi connectivity index (χ4v) is 3.31. The second-order valence-electron chi connectivity index (χ2n) is 6.04. The minimum Gasteiger partial charge on any atom is -0.511 e. The van der Waals surface area contributed by atoms with Crippen LogP contribution >= 0.6 is 0 Å². The first-order chi connectivity index (χ1) is 9.60. The maximum atomic E-state index is 12.3. The standard InChI is InChI=1S/C17H18O3/c18-13(9-12-5-2-1-3-6-12)16-14(19)10-17(7-4-8-17)11-15(16)20/h1-3,5-6,19H,4,7-11H2. The summed E-state index contributed by atoms with van der Waals surface area (Å²) in [5, 5.41) is 10.1. The van der Waals surface area contributed by atoms with E-state index in [0.29, 0.717) is 12.8 Å². The van der Waals surface area contributed by atoms with Gasteiger partial charge >= 0.3 is 0 Å². The van der Waals surface area contributed by atoms with E-state index in [2.05, 4.69) is 0 Å². The quantitative estimate of drug-likeness (QED) is 0.858. The molecule has 104 valence electrons. The van der Waals surface area contributed by atoms with Crippen molar-refractivity contribution >= 4 is 11.6 Å². The molecule has 0 radical (unpaired) electrons. The van der Waals surface area contributed by atoms with Gasteiger partial charge in [0.15, 0.2) is 11.6 Å². The second-order valence-corrected chi connectivity index (χ2v) is 6.04. The van der Waals surface area contributed by atoms with Gasteiger partial charge in [-0.3, -0.25) is 9.59 Å². The van der Waals surface area contributed by atoms with Gasteiger partial charge in [-0.25, -0.2) is 0 Å². The summed E-state index contributed by atoms with van der Waals surface area (Å²) in [6, 6.07) is 9.33. The van der Waals surface area contributed by atoms with Gasteiger partial charge in [0.2, 0.25) is 0 Å². The van der Waals surface area contributed by atoms with Crippen molar-refractivity contribution in [3.05, 3.63) is 47.2 Å². The van der Waals surface area contributed by atoms with Crippen LogP contribution in [0.5, 0.6) is 0 Å². The monoisotopic (exact) mass is 270 g/mol. The zero-order chi connectivity index (χ0) is 14.2. The zero-order valence-corrected chi connectivity index (χ0v) is 11.4. The molecule has 1 aromatic rings. The largest absolute Gasteiger partial charge is 0.511 e. The van der Waals surface area contributed by atoms with E-state index in [4.69, 9.17) is 0 Å². The molecule has 1 N–H and O–H groups in total. The van der Waals surface area contributed by atoms with Crippen LogP contribution in [0.1, 0.15) is 37.7 Å². The number of hydrogen-bond donors (Lipinski definition) is 1. The van der Waals surface area contributed by atoms with E-state index >= 15 is 0 Å². The van der Waals surface area contributed by atoms with Crippen LogP contribution in [0, 0.1) is 5.41 Å². The molecule has 1 spiro atoms. The molecule has 0 atom stereocenters. The molecule has 0 unspecified atom stereocenters. The number of carbonyl (C=O) groups excluding carboxylic acids is 2. The molecule has 1 aromatic carbocycles. The number of rotatable bonds is 3. The molecule has 0 aliphatic heterocycles. The third-order valence-electron chi connectivity index (χ3n) is 4.55. The summed E-state index contributed by atoms with van der Waals surface area (Å²) in [5.74, 6) is -0.413. The molecule has 2 aliphatic rings. The van der Waals surface area contributed by atoms with Crippen LogP contribution < -0.4 is 0 Å². The van der Waals surface area contributed by atoms with Gasteiger partial charge in [-0.2, -0.15) is 0 Å². The van der Waals surface area contributed by atoms with Crippen molar-refractivity contribution in [3.63, 3.8) is 0 Å². The molecule has 1 fully saturated rings. The van der Waals surface area contributed by atoms with Crippen LogP contribution in [0.3, 0.4) is 0 Å². The Morgan fingerprint density at radius 2 is 1.85 bits per heavy atom. The Balaban J connectivity index is 1.80. The van der Waals surface area contributed by atoms with Crippen molar-refractivity contribution in [1.82, 2.24) is 0 Å². The highest BCUT2D eigenvalue weighted by molar-refractivity contribution is 6.21. The van der Waals surface area contributed by atoms with Gasteiger partial charge in [0.1, 0.15) is 5.76 Å². The Morgan fingerprint density at radius 3 is 2.40 bits per heavy atom. The zero-order valence-electron chi connectivity index (χ0n) is 11.4. The maximum Gasteiger partial charge on any atom is 0.174 e. The van der Waals surface area contributed by atoms with Crippen LogP contribution in [-0.4, -0.2) is 16.7 Å². The SMILES string of the molecule is O=C(Cc1ccccc1)C1=C(O)CC2(CCC2)CC1=O. The van der Waals surface area contributed by atoms with Crippen molar-refractivity contribution in [2.24, 2.45) is 5.41 Å². The average molecular weight is 270 g/mol. The number of Topliss-reactive ketones (excluding diaryl/α,β-unsaturated/α-hetero) is 2. The molecule has 0 aromatic heterocycles. The highest BCUT2D eigenvalue weighted by Gasteiger charge is 2.45. The predicted octanol–water partition coefficient (Wildman–Crippen LogP) is 3.14. The van der Waals surface area contributed by atoms with E-state index in [1.165, 1.54) is 0 Å². The van der Waals surface area contributed by atoms with Crippen LogP contribution in [0.25, 0.3) is 0 Å². The van der Waals surface area contributed by atoms with Gasteiger partial charge in [0, 0.05) is 19.3 Å². The highest BCUT2D eigenvalue weighted by Crippen LogP contribution is 2.51. The lowest BCUT2D eigenvalue weighted by molar-refractivity contribution is -0.125. The minimum absolute atomic E-state index is 0.0156. The number of allylic oxidation sites excluding steroid dienone is 2. The molecule has 2 aliphatic carbocycles. The van der Waals surface area contributed by atoms with Gasteiger partial charge in [-0.05, 0) is 23.8 Å². The first-order valence-corrected chi connectivity index (χ1v) is 7.12. The summed E-state index contributed by atoms with van der Waals surface area (Å²) >= 11 is 0. The van der Waals surface area contributed by atoms with Crippen molar-refractivity contribution in [3.8, 4) is 0 Å². The van der Waals surface area contributed by atoms with Gasteiger partial charge in [-0.15, -0.1) is 0 Å². The summed E-state index contributed by atoms with van der Waals surface area (Å²) in [7, 11) is 0. The normalized spacial score (nSPS) is 20.9. The van der Waals surface area contributed by atoms with Crippen molar-refractivity contribution in [2.45, 2.75) is 38.5 Å². The Hall–Kier alpha value is -1.90. The predicted molar refractivity (Wildman–Crippen MR) is 75.3 cm³/mol. The fourth-order valence-electron chi connectivity index (χ4n) is 3.31. The molecule has 0 amide bonds. The van der Waals surface area contributed by atoms with E-state index < -0.39 is 0 Å². The minimum atomic E-state index is -0.257. The van der Waals surface area contributed by atoms with Crippen molar-refractivity contribution < 1.29 is 14.7 Å². The highest BCUT2D eigenvalue weighted by atomic mass is 16.3. The fraction of sp³-hybridized carbons (Fsp3) is 0.412. The lowest BCUT2D eigenvalue weighted by atomic mass is 9.60. The molecule has 0 saturated heterocycles. The third kappa shape index (κ3) is 2.28. The summed E-state index contributed by atoms with van der Waals surface area (Å²) in [6.07, 6.45) is 4.19. The van der Waals surface area contributed by atoms with Crippen LogP contribution in [0.4, 0.5) is 0 Å². The van der Waals surface area contributed by atoms with Crippen LogP contribution in [-0.2, 0) is 16.0 Å². The third-order valence-corrected chi connectivity index (χ3v) is 4.55. The molecular formula is C17H18O3. The van der Waals surface area contributed by atoms with Crippen molar-refractivity contribution in [2.75, 3.05) is 0 Å². The first kappa shape index (κ1) is 13.1. The van der Waals surface area contributed by atoms with Gasteiger partial charge < -0.3 is 5.11 Å². The molecule has 1 saturated carbocycles. The van der Waals surface area contributed by atoms with E-state index in [1.807, 2.05) is 30.3 Å². The van der Waals surface area contributed by atoms with Gasteiger partial charge in [0.05, 0.1) is 5.57 Å². The van der Waals surface area contributed by atoms with Gasteiger partial charge in [-0.1, -0.05) is 36.8 Å². The summed E-state index contributed by atoms with van der Waals surface area (Å²) in [6.45, 7) is 0. The number of benzene rings is 1.